The summed E-state index contributed by atoms with van der Waals surface area (Å²) in [6, 6.07) is 5.09. The van der Waals surface area contributed by atoms with Gasteiger partial charge in [-0.2, -0.15) is 0 Å². The molecule has 0 spiro atoms. The first-order valence-corrected chi connectivity index (χ1v) is 6.36. The second kappa shape index (κ2) is 4.93. The number of halogens is 2. The summed E-state index contributed by atoms with van der Waals surface area (Å²) in [6.45, 7) is 2.58. The molecule has 2 nitrogen and oxygen atoms in total. The van der Waals surface area contributed by atoms with Crippen LogP contribution in [0, 0.1) is 12.7 Å². The molecule has 0 aliphatic rings. The largest absolute Gasteiger partial charge is 0.357 e. The third-order valence-corrected chi connectivity index (χ3v) is 3.56. The zero-order chi connectivity index (χ0) is 11.5. The number of anilines is 1. The lowest BCUT2D eigenvalue weighted by molar-refractivity contribution is 0.619. The second-order valence-electron chi connectivity index (χ2n) is 3.38. The summed E-state index contributed by atoms with van der Waals surface area (Å²) >= 11 is 4.71. The Morgan fingerprint density at radius 1 is 1.50 bits per heavy atom. The van der Waals surface area contributed by atoms with Crippen molar-refractivity contribution in [3.05, 3.63) is 45.1 Å². The molecular weight excluding hydrogens is 291 g/mol. The van der Waals surface area contributed by atoms with E-state index in [9.17, 15) is 4.39 Å². The van der Waals surface area contributed by atoms with Crippen LogP contribution in [-0.4, -0.2) is 4.98 Å². The highest BCUT2D eigenvalue weighted by molar-refractivity contribution is 9.10. The molecule has 1 heterocycles. The van der Waals surface area contributed by atoms with Gasteiger partial charge < -0.3 is 5.32 Å². The van der Waals surface area contributed by atoms with Crippen LogP contribution in [0.4, 0.5) is 9.52 Å². The molecule has 0 aliphatic heterocycles. The fraction of sp³-hybridized carbons (Fsp3) is 0.182. The van der Waals surface area contributed by atoms with Crippen LogP contribution in [0.1, 0.15) is 10.4 Å². The third kappa shape index (κ3) is 2.80. The predicted molar refractivity (Wildman–Crippen MR) is 68.3 cm³/mol. The van der Waals surface area contributed by atoms with Gasteiger partial charge in [-0.25, -0.2) is 9.37 Å². The molecule has 0 atom stereocenters. The Morgan fingerprint density at radius 3 is 2.94 bits per heavy atom. The van der Waals surface area contributed by atoms with Crippen molar-refractivity contribution in [2.24, 2.45) is 0 Å². The molecule has 5 heteroatoms. The number of rotatable bonds is 3. The van der Waals surface area contributed by atoms with E-state index < -0.39 is 0 Å². The summed E-state index contributed by atoms with van der Waals surface area (Å²) in [5.74, 6) is -0.241. The third-order valence-electron chi connectivity index (χ3n) is 2.05. The summed E-state index contributed by atoms with van der Waals surface area (Å²) in [7, 11) is 0. The summed E-state index contributed by atoms with van der Waals surface area (Å²) in [5, 5.41) is 4.02. The second-order valence-corrected chi connectivity index (χ2v) is 5.47. The van der Waals surface area contributed by atoms with Gasteiger partial charge in [0, 0.05) is 17.6 Å². The van der Waals surface area contributed by atoms with E-state index in [1.807, 2.05) is 19.2 Å². The van der Waals surface area contributed by atoms with E-state index in [2.05, 4.69) is 26.2 Å². The molecule has 1 aromatic heterocycles. The van der Waals surface area contributed by atoms with Gasteiger partial charge >= 0.3 is 0 Å². The molecule has 16 heavy (non-hydrogen) atoms. The van der Waals surface area contributed by atoms with Crippen LogP contribution in [0.2, 0.25) is 0 Å². The van der Waals surface area contributed by atoms with Crippen LogP contribution in [0.3, 0.4) is 0 Å². The van der Waals surface area contributed by atoms with Gasteiger partial charge in [-0.05, 0) is 40.5 Å². The highest BCUT2D eigenvalue weighted by Crippen LogP contribution is 2.19. The average Bonchev–Trinajstić information content (AvgIpc) is 2.66. The van der Waals surface area contributed by atoms with E-state index in [4.69, 9.17) is 0 Å². The van der Waals surface area contributed by atoms with Crippen LogP contribution >= 0.6 is 27.3 Å². The van der Waals surface area contributed by atoms with Gasteiger partial charge in [-0.1, -0.05) is 6.07 Å². The average molecular weight is 301 g/mol. The van der Waals surface area contributed by atoms with Gasteiger partial charge in [0.1, 0.15) is 5.82 Å². The van der Waals surface area contributed by atoms with Crippen molar-refractivity contribution >= 4 is 32.4 Å². The van der Waals surface area contributed by atoms with Crippen molar-refractivity contribution in [2.45, 2.75) is 13.5 Å². The Balaban J connectivity index is 2.02. The lowest BCUT2D eigenvalue weighted by Gasteiger charge is -2.03. The minimum absolute atomic E-state index is 0.241. The molecule has 2 aromatic rings. The first-order valence-electron chi connectivity index (χ1n) is 4.75. The number of benzene rings is 1. The van der Waals surface area contributed by atoms with E-state index >= 15 is 0 Å². The number of aromatic nitrogens is 1. The molecule has 84 valence electrons. The summed E-state index contributed by atoms with van der Waals surface area (Å²) < 4.78 is 13.7. The molecule has 0 fully saturated rings. The first kappa shape index (κ1) is 11.5. The van der Waals surface area contributed by atoms with Gasteiger partial charge in [0.05, 0.1) is 4.47 Å². The molecule has 0 saturated carbocycles. The van der Waals surface area contributed by atoms with E-state index in [-0.39, 0.29) is 5.82 Å². The SMILES string of the molecule is Cc1cnc(NCc2ccc(Br)c(F)c2)s1. The lowest BCUT2D eigenvalue weighted by Crippen LogP contribution is -1.99. The van der Waals surface area contributed by atoms with Crippen LogP contribution in [0.5, 0.6) is 0 Å². The standard InChI is InChI=1S/C11H10BrFN2S/c1-7-5-14-11(16-7)15-6-8-2-3-9(12)10(13)4-8/h2-5H,6H2,1H3,(H,14,15). The number of aryl methyl sites for hydroxylation is 1. The highest BCUT2D eigenvalue weighted by atomic mass is 79.9. The van der Waals surface area contributed by atoms with Gasteiger partial charge in [0.15, 0.2) is 5.13 Å². The smallest absolute Gasteiger partial charge is 0.183 e. The fourth-order valence-electron chi connectivity index (χ4n) is 1.26. The Hall–Kier alpha value is -0.940. The highest BCUT2D eigenvalue weighted by Gasteiger charge is 2.02. The lowest BCUT2D eigenvalue weighted by atomic mass is 10.2. The number of nitrogens with one attached hydrogen (secondary N) is 1. The maximum atomic E-state index is 13.2. The molecule has 0 amide bonds. The Labute approximate surface area is 106 Å². The molecule has 0 bridgehead atoms. The van der Waals surface area contributed by atoms with E-state index in [1.165, 1.54) is 6.07 Å². The Morgan fingerprint density at radius 2 is 2.31 bits per heavy atom. The van der Waals surface area contributed by atoms with Crippen molar-refractivity contribution in [3.63, 3.8) is 0 Å². The van der Waals surface area contributed by atoms with E-state index in [1.54, 1.807) is 17.4 Å². The van der Waals surface area contributed by atoms with Crippen molar-refractivity contribution in [3.8, 4) is 0 Å². The van der Waals surface area contributed by atoms with Crippen molar-refractivity contribution < 1.29 is 4.39 Å². The Bertz CT molecular complexity index is 498. The van der Waals surface area contributed by atoms with Gasteiger partial charge in [-0.15, -0.1) is 11.3 Å². The molecule has 1 N–H and O–H groups in total. The topological polar surface area (TPSA) is 24.9 Å². The first-order chi connectivity index (χ1) is 7.65. The van der Waals surface area contributed by atoms with Crippen molar-refractivity contribution in [1.82, 2.24) is 4.98 Å². The van der Waals surface area contributed by atoms with Gasteiger partial charge in [-0.3, -0.25) is 0 Å². The van der Waals surface area contributed by atoms with Crippen molar-refractivity contribution in [2.75, 3.05) is 5.32 Å². The van der Waals surface area contributed by atoms with Gasteiger partial charge in [0.25, 0.3) is 0 Å². The Kier molecular flexibility index (Phi) is 3.56. The monoisotopic (exact) mass is 300 g/mol. The number of hydrogen-bond acceptors (Lipinski definition) is 3. The summed E-state index contributed by atoms with van der Waals surface area (Å²) in [4.78, 5) is 5.33. The number of nitrogens with zero attached hydrogens (tertiary/aromatic N) is 1. The molecular formula is C11H10BrFN2S. The zero-order valence-electron chi connectivity index (χ0n) is 8.63. The van der Waals surface area contributed by atoms with Gasteiger partial charge in [0.2, 0.25) is 0 Å². The van der Waals surface area contributed by atoms with Crippen LogP contribution in [-0.2, 0) is 6.54 Å². The molecule has 0 unspecified atom stereocenters. The molecule has 1 aromatic carbocycles. The maximum Gasteiger partial charge on any atom is 0.183 e. The predicted octanol–water partition coefficient (Wildman–Crippen LogP) is 3.97. The minimum atomic E-state index is -0.241. The number of thiazole rings is 1. The van der Waals surface area contributed by atoms with Crippen molar-refractivity contribution in [1.29, 1.82) is 0 Å². The maximum absolute atomic E-state index is 13.2. The van der Waals surface area contributed by atoms with Crippen LogP contribution in [0.25, 0.3) is 0 Å². The van der Waals surface area contributed by atoms with E-state index in [0.29, 0.717) is 11.0 Å². The normalized spacial score (nSPS) is 10.4. The van der Waals surface area contributed by atoms with Crippen LogP contribution < -0.4 is 5.32 Å². The molecule has 0 radical (unpaired) electrons. The molecule has 0 aliphatic carbocycles. The summed E-state index contributed by atoms with van der Waals surface area (Å²) in [6.07, 6.45) is 1.81. The quantitative estimate of drug-likeness (QED) is 0.928. The molecule has 0 saturated heterocycles. The molecule has 2 rings (SSSR count). The zero-order valence-corrected chi connectivity index (χ0v) is 11.0. The van der Waals surface area contributed by atoms with Crippen LogP contribution in [0.15, 0.2) is 28.9 Å². The van der Waals surface area contributed by atoms with E-state index in [0.717, 1.165) is 15.6 Å². The number of hydrogen-bond donors (Lipinski definition) is 1. The minimum Gasteiger partial charge on any atom is -0.357 e. The summed E-state index contributed by atoms with van der Waals surface area (Å²) in [5.41, 5.74) is 0.897. The fourth-order valence-corrected chi connectivity index (χ4v) is 2.17.